The standard InChI is InChI=1S/C10H18N4O2/c1-7(6-8(11)9(15)16)14(3)10-12-4-5-13(10)2/h4-5,7-8H,6,11H2,1-3H3,(H,15,16). The predicted octanol–water partition coefficient (Wildman–Crippen LogP) is 0.0468. The van der Waals surface area contributed by atoms with E-state index in [2.05, 4.69) is 4.98 Å². The molecule has 16 heavy (non-hydrogen) atoms. The second kappa shape index (κ2) is 4.98. The van der Waals surface area contributed by atoms with Crippen LogP contribution in [0.3, 0.4) is 0 Å². The minimum atomic E-state index is -0.972. The molecule has 2 atom stereocenters. The number of aromatic nitrogens is 2. The van der Waals surface area contributed by atoms with E-state index in [1.807, 2.05) is 36.7 Å². The van der Waals surface area contributed by atoms with Gasteiger partial charge in [0.15, 0.2) is 0 Å². The van der Waals surface area contributed by atoms with Crippen molar-refractivity contribution >= 4 is 11.9 Å². The van der Waals surface area contributed by atoms with E-state index >= 15 is 0 Å². The Bertz CT molecular complexity index is 363. The van der Waals surface area contributed by atoms with Gasteiger partial charge in [-0.1, -0.05) is 0 Å². The summed E-state index contributed by atoms with van der Waals surface area (Å²) in [7, 11) is 3.77. The van der Waals surface area contributed by atoms with Gasteiger partial charge in [-0.2, -0.15) is 0 Å². The van der Waals surface area contributed by atoms with Gasteiger partial charge >= 0.3 is 5.97 Å². The molecule has 1 aromatic heterocycles. The molecular formula is C10H18N4O2. The molecule has 90 valence electrons. The quantitative estimate of drug-likeness (QED) is 0.741. The number of rotatable bonds is 5. The molecule has 0 spiro atoms. The Morgan fingerprint density at radius 2 is 2.38 bits per heavy atom. The summed E-state index contributed by atoms with van der Waals surface area (Å²) >= 11 is 0. The average Bonchev–Trinajstić information content (AvgIpc) is 2.62. The zero-order chi connectivity index (χ0) is 12.3. The monoisotopic (exact) mass is 226 g/mol. The van der Waals surface area contributed by atoms with Gasteiger partial charge in [-0.15, -0.1) is 0 Å². The maximum absolute atomic E-state index is 10.6. The van der Waals surface area contributed by atoms with Crippen molar-refractivity contribution in [2.24, 2.45) is 12.8 Å². The first kappa shape index (κ1) is 12.5. The minimum absolute atomic E-state index is 0.0206. The van der Waals surface area contributed by atoms with Gasteiger partial charge in [0, 0.05) is 32.5 Å². The number of aryl methyl sites for hydroxylation is 1. The fourth-order valence-corrected chi connectivity index (χ4v) is 1.52. The Labute approximate surface area is 94.7 Å². The van der Waals surface area contributed by atoms with Gasteiger partial charge in [-0.3, -0.25) is 4.79 Å². The van der Waals surface area contributed by atoms with Crippen LogP contribution in [0.4, 0.5) is 5.95 Å². The number of imidazole rings is 1. The van der Waals surface area contributed by atoms with E-state index in [1.54, 1.807) is 6.20 Å². The Morgan fingerprint density at radius 1 is 1.75 bits per heavy atom. The SMILES string of the molecule is CC(CC(N)C(=O)O)N(C)c1nccn1C. The van der Waals surface area contributed by atoms with E-state index in [1.165, 1.54) is 0 Å². The molecule has 0 saturated carbocycles. The maximum Gasteiger partial charge on any atom is 0.320 e. The first-order valence-corrected chi connectivity index (χ1v) is 5.12. The number of nitrogens with zero attached hydrogens (tertiary/aromatic N) is 3. The molecule has 0 aliphatic carbocycles. The summed E-state index contributed by atoms with van der Waals surface area (Å²) in [4.78, 5) is 16.8. The van der Waals surface area contributed by atoms with Crippen molar-refractivity contribution in [3.05, 3.63) is 12.4 Å². The van der Waals surface area contributed by atoms with E-state index in [9.17, 15) is 4.79 Å². The molecule has 0 aliphatic rings. The van der Waals surface area contributed by atoms with Crippen molar-refractivity contribution in [3.8, 4) is 0 Å². The number of aliphatic carboxylic acids is 1. The summed E-state index contributed by atoms with van der Waals surface area (Å²) in [6, 6.07) is -0.815. The molecular weight excluding hydrogens is 208 g/mol. The van der Waals surface area contributed by atoms with Crippen LogP contribution in [0.15, 0.2) is 12.4 Å². The van der Waals surface area contributed by atoms with Gasteiger partial charge in [-0.25, -0.2) is 4.98 Å². The van der Waals surface area contributed by atoms with Crippen LogP contribution in [-0.4, -0.2) is 39.8 Å². The van der Waals surface area contributed by atoms with Crippen molar-refractivity contribution in [1.29, 1.82) is 0 Å². The van der Waals surface area contributed by atoms with Gasteiger partial charge < -0.3 is 20.3 Å². The number of carbonyl (C=O) groups is 1. The van der Waals surface area contributed by atoms with Crippen molar-refractivity contribution in [2.75, 3.05) is 11.9 Å². The number of hydrogen-bond acceptors (Lipinski definition) is 4. The molecule has 6 nitrogen and oxygen atoms in total. The highest BCUT2D eigenvalue weighted by atomic mass is 16.4. The van der Waals surface area contributed by atoms with Crippen LogP contribution < -0.4 is 10.6 Å². The van der Waals surface area contributed by atoms with Crippen LogP contribution in [0.5, 0.6) is 0 Å². The Kier molecular flexibility index (Phi) is 3.89. The zero-order valence-electron chi connectivity index (χ0n) is 9.79. The molecule has 2 unspecified atom stereocenters. The van der Waals surface area contributed by atoms with Crippen LogP contribution in [0, 0.1) is 0 Å². The van der Waals surface area contributed by atoms with E-state index in [4.69, 9.17) is 10.8 Å². The Morgan fingerprint density at radius 3 is 2.81 bits per heavy atom. The summed E-state index contributed by atoms with van der Waals surface area (Å²) in [6.07, 6.45) is 3.93. The Hall–Kier alpha value is -1.56. The molecule has 1 aromatic rings. The summed E-state index contributed by atoms with van der Waals surface area (Å²) in [5.74, 6) is -0.176. The lowest BCUT2D eigenvalue weighted by atomic mass is 10.1. The van der Waals surface area contributed by atoms with Gasteiger partial charge in [-0.05, 0) is 13.3 Å². The molecule has 0 saturated heterocycles. The van der Waals surface area contributed by atoms with Gasteiger partial charge in [0.25, 0.3) is 0 Å². The van der Waals surface area contributed by atoms with Crippen LogP contribution >= 0.6 is 0 Å². The third kappa shape index (κ3) is 2.73. The fourth-order valence-electron chi connectivity index (χ4n) is 1.52. The summed E-state index contributed by atoms with van der Waals surface area (Å²) in [6.45, 7) is 1.93. The average molecular weight is 226 g/mol. The van der Waals surface area contributed by atoms with E-state index in [-0.39, 0.29) is 6.04 Å². The topological polar surface area (TPSA) is 84.4 Å². The van der Waals surface area contributed by atoms with Gasteiger partial charge in [0.05, 0.1) is 0 Å². The lowest BCUT2D eigenvalue weighted by Crippen LogP contribution is -2.40. The summed E-state index contributed by atoms with van der Waals surface area (Å²) in [5.41, 5.74) is 5.49. The molecule has 0 bridgehead atoms. The zero-order valence-corrected chi connectivity index (χ0v) is 9.79. The highest BCUT2D eigenvalue weighted by Crippen LogP contribution is 2.13. The van der Waals surface area contributed by atoms with Gasteiger partial charge in [0.1, 0.15) is 6.04 Å². The molecule has 0 aliphatic heterocycles. The van der Waals surface area contributed by atoms with E-state index in [0.29, 0.717) is 6.42 Å². The van der Waals surface area contributed by atoms with Crippen molar-refractivity contribution in [1.82, 2.24) is 9.55 Å². The maximum atomic E-state index is 10.6. The third-order valence-corrected chi connectivity index (χ3v) is 2.68. The molecule has 3 N–H and O–H groups in total. The molecule has 0 amide bonds. The first-order chi connectivity index (χ1) is 7.43. The number of carboxylic acids is 1. The van der Waals surface area contributed by atoms with Crippen LogP contribution in [0.25, 0.3) is 0 Å². The minimum Gasteiger partial charge on any atom is -0.480 e. The van der Waals surface area contributed by atoms with Crippen LogP contribution in [-0.2, 0) is 11.8 Å². The molecule has 1 rings (SSSR count). The fraction of sp³-hybridized carbons (Fsp3) is 0.600. The van der Waals surface area contributed by atoms with Crippen molar-refractivity contribution in [3.63, 3.8) is 0 Å². The lowest BCUT2D eigenvalue weighted by Gasteiger charge is -2.26. The smallest absolute Gasteiger partial charge is 0.320 e. The summed E-state index contributed by atoms with van der Waals surface area (Å²) in [5, 5.41) is 8.73. The van der Waals surface area contributed by atoms with E-state index < -0.39 is 12.0 Å². The van der Waals surface area contributed by atoms with Crippen molar-refractivity contribution in [2.45, 2.75) is 25.4 Å². The highest BCUT2D eigenvalue weighted by Gasteiger charge is 2.20. The number of anilines is 1. The largest absolute Gasteiger partial charge is 0.480 e. The van der Waals surface area contributed by atoms with Crippen LogP contribution in [0.2, 0.25) is 0 Å². The molecule has 1 heterocycles. The molecule has 6 heteroatoms. The second-order valence-electron chi connectivity index (χ2n) is 3.98. The van der Waals surface area contributed by atoms with E-state index in [0.717, 1.165) is 5.95 Å². The normalized spacial score (nSPS) is 14.5. The molecule has 0 aromatic carbocycles. The van der Waals surface area contributed by atoms with Crippen LogP contribution in [0.1, 0.15) is 13.3 Å². The number of nitrogens with two attached hydrogens (primary N) is 1. The van der Waals surface area contributed by atoms with Gasteiger partial charge in [0.2, 0.25) is 5.95 Å². The third-order valence-electron chi connectivity index (χ3n) is 2.68. The lowest BCUT2D eigenvalue weighted by molar-refractivity contribution is -0.138. The second-order valence-corrected chi connectivity index (χ2v) is 3.98. The van der Waals surface area contributed by atoms with Crippen molar-refractivity contribution < 1.29 is 9.90 Å². The predicted molar refractivity (Wildman–Crippen MR) is 61.3 cm³/mol. The first-order valence-electron chi connectivity index (χ1n) is 5.12. The highest BCUT2D eigenvalue weighted by molar-refractivity contribution is 5.73. The number of hydrogen-bond donors (Lipinski definition) is 2. The number of carboxylic acid groups (broad SMARTS) is 1. The Balaban J connectivity index is 2.64. The summed E-state index contributed by atoms with van der Waals surface area (Å²) < 4.78 is 1.88. The molecule has 0 radical (unpaired) electrons. The molecule has 0 fully saturated rings.